The van der Waals surface area contributed by atoms with Crippen LogP contribution in [0.4, 0.5) is 17.6 Å². The van der Waals surface area contributed by atoms with Crippen molar-refractivity contribution in [3.63, 3.8) is 0 Å². The van der Waals surface area contributed by atoms with Crippen LogP contribution in [0.3, 0.4) is 0 Å². The SMILES string of the molecule is CNC(=O)c1n[nH]c2cc(-c3cc(C)c(C(=O)NCc4cc(OC(F)(F)F)ccc4F)s3)ccc12. The first kappa shape index (κ1) is 24.2. The third kappa shape index (κ3) is 5.27. The van der Waals surface area contributed by atoms with Crippen LogP contribution >= 0.6 is 11.3 Å². The Morgan fingerprint density at radius 2 is 1.89 bits per heavy atom. The minimum Gasteiger partial charge on any atom is -0.406 e. The molecular weight excluding hydrogens is 488 g/mol. The van der Waals surface area contributed by atoms with E-state index < -0.39 is 23.8 Å². The quantitative estimate of drug-likeness (QED) is 0.323. The van der Waals surface area contributed by atoms with E-state index in [4.69, 9.17) is 0 Å². The Balaban J connectivity index is 1.51. The van der Waals surface area contributed by atoms with E-state index in [1.165, 1.54) is 18.4 Å². The maximum Gasteiger partial charge on any atom is 0.573 e. The molecule has 0 aliphatic heterocycles. The number of thiophene rings is 1. The van der Waals surface area contributed by atoms with Crippen LogP contribution in [0, 0.1) is 12.7 Å². The van der Waals surface area contributed by atoms with E-state index in [0.717, 1.165) is 28.6 Å². The molecule has 0 radical (unpaired) electrons. The number of carbonyl (C=O) groups is 2. The molecule has 0 atom stereocenters. The molecule has 0 saturated carbocycles. The van der Waals surface area contributed by atoms with E-state index in [9.17, 15) is 27.2 Å². The summed E-state index contributed by atoms with van der Waals surface area (Å²) in [6, 6.07) is 9.78. The summed E-state index contributed by atoms with van der Waals surface area (Å²) in [5, 5.41) is 12.6. The Morgan fingerprint density at radius 3 is 2.60 bits per heavy atom. The number of nitrogens with zero attached hydrogens (tertiary/aromatic N) is 1. The third-order valence-corrected chi connectivity index (χ3v) is 6.39. The van der Waals surface area contributed by atoms with Gasteiger partial charge in [-0.15, -0.1) is 24.5 Å². The molecule has 2 heterocycles. The molecule has 7 nitrogen and oxygen atoms in total. The Hall–Kier alpha value is -3.93. The molecular formula is C23H18F4N4O3S. The monoisotopic (exact) mass is 506 g/mol. The van der Waals surface area contributed by atoms with Gasteiger partial charge in [-0.1, -0.05) is 6.07 Å². The van der Waals surface area contributed by atoms with Crippen LogP contribution in [-0.4, -0.2) is 35.4 Å². The number of benzene rings is 2. The first-order valence-electron chi connectivity index (χ1n) is 10.2. The molecule has 2 aromatic carbocycles. The van der Waals surface area contributed by atoms with Crippen LogP contribution in [0.1, 0.15) is 31.3 Å². The summed E-state index contributed by atoms with van der Waals surface area (Å²) >= 11 is 1.20. The van der Waals surface area contributed by atoms with E-state index >= 15 is 0 Å². The van der Waals surface area contributed by atoms with Gasteiger partial charge in [0.1, 0.15) is 11.6 Å². The normalized spacial score (nSPS) is 11.5. The van der Waals surface area contributed by atoms with Gasteiger partial charge in [-0.25, -0.2) is 4.39 Å². The molecule has 4 rings (SSSR count). The van der Waals surface area contributed by atoms with Gasteiger partial charge in [0, 0.05) is 29.4 Å². The van der Waals surface area contributed by atoms with Gasteiger partial charge in [0.2, 0.25) is 0 Å². The predicted octanol–water partition coefficient (Wildman–Crippen LogP) is 4.93. The predicted molar refractivity (Wildman–Crippen MR) is 122 cm³/mol. The topological polar surface area (TPSA) is 96.1 Å². The standard InChI is InChI=1S/C23H18F4N4O3S/c1-11-7-18(12-3-5-15-17(9-12)30-31-19(15)21(32)28-2)35-20(11)22(33)29-10-13-8-14(4-6-16(13)24)34-23(25,26)27/h3-9H,10H2,1-2H3,(H,28,32)(H,29,33)(H,30,31). The van der Waals surface area contributed by atoms with Crippen molar-refractivity contribution < 1.29 is 31.9 Å². The maximum atomic E-state index is 14.0. The zero-order valence-corrected chi connectivity index (χ0v) is 19.2. The molecule has 0 fully saturated rings. The number of ether oxygens (including phenoxy) is 1. The molecule has 182 valence electrons. The van der Waals surface area contributed by atoms with Crippen LogP contribution in [0.5, 0.6) is 5.75 Å². The highest BCUT2D eigenvalue weighted by Gasteiger charge is 2.31. The molecule has 2 amide bonds. The Bertz CT molecular complexity index is 1430. The average molecular weight is 506 g/mol. The number of hydrogen-bond donors (Lipinski definition) is 3. The van der Waals surface area contributed by atoms with Gasteiger partial charge in [0.15, 0.2) is 5.69 Å². The van der Waals surface area contributed by atoms with Crippen LogP contribution in [0.2, 0.25) is 0 Å². The molecule has 0 bridgehead atoms. The fourth-order valence-corrected chi connectivity index (χ4v) is 4.54. The lowest BCUT2D eigenvalue weighted by Crippen LogP contribution is -2.23. The first-order chi connectivity index (χ1) is 16.6. The van der Waals surface area contributed by atoms with Crippen LogP contribution < -0.4 is 15.4 Å². The van der Waals surface area contributed by atoms with Crippen molar-refractivity contribution >= 4 is 34.1 Å². The molecule has 0 saturated heterocycles. The molecule has 0 aliphatic carbocycles. The number of hydrogen-bond acceptors (Lipinski definition) is 5. The highest BCUT2D eigenvalue weighted by atomic mass is 32.1. The highest BCUT2D eigenvalue weighted by Crippen LogP contribution is 2.33. The number of halogens is 4. The number of carbonyl (C=O) groups excluding carboxylic acids is 2. The van der Waals surface area contributed by atoms with Crippen molar-refractivity contribution in [2.75, 3.05) is 7.05 Å². The smallest absolute Gasteiger partial charge is 0.406 e. The lowest BCUT2D eigenvalue weighted by molar-refractivity contribution is -0.274. The third-order valence-electron chi connectivity index (χ3n) is 5.10. The molecule has 0 spiro atoms. The Kier molecular flexibility index (Phi) is 6.48. The van der Waals surface area contributed by atoms with Gasteiger partial charge in [0.05, 0.1) is 10.4 Å². The number of rotatable bonds is 6. The zero-order chi connectivity index (χ0) is 25.3. The number of alkyl halides is 3. The Labute approximate surface area is 200 Å². The molecule has 35 heavy (non-hydrogen) atoms. The lowest BCUT2D eigenvalue weighted by Gasteiger charge is -2.11. The van der Waals surface area contributed by atoms with E-state index in [-0.39, 0.29) is 23.7 Å². The maximum absolute atomic E-state index is 14.0. The van der Waals surface area contributed by atoms with Crippen molar-refractivity contribution in [1.82, 2.24) is 20.8 Å². The highest BCUT2D eigenvalue weighted by molar-refractivity contribution is 7.17. The van der Waals surface area contributed by atoms with E-state index in [1.807, 2.05) is 12.1 Å². The molecule has 4 aromatic rings. The number of aromatic amines is 1. The molecule has 2 aromatic heterocycles. The fourth-order valence-electron chi connectivity index (χ4n) is 3.45. The van der Waals surface area contributed by atoms with Crippen molar-refractivity contribution in [3.8, 4) is 16.2 Å². The van der Waals surface area contributed by atoms with Gasteiger partial charge in [-0.3, -0.25) is 14.7 Å². The zero-order valence-electron chi connectivity index (χ0n) is 18.3. The summed E-state index contributed by atoms with van der Waals surface area (Å²) in [6.45, 7) is 1.42. The largest absolute Gasteiger partial charge is 0.573 e. The second-order valence-electron chi connectivity index (χ2n) is 7.52. The van der Waals surface area contributed by atoms with Gasteiger partial charge < -0.3 is 15.4 Å². The molecule has 3 N–H and O–H groups in total. The first-order valence-corrected chi connectivity index (χ1v) is 11.0. The number of amides is 2. The summed E-state index contributed by atoms with van der Waals surface area (Å²) in [4.78, 5) is 25.8. The number of nitrogens with one attached hydrogen (secondary N) is 3. The van der Waals surface area contributed by atoms with Crippen molar-refractivity contribution in [1.29, 1.82) is 0 Å². The van der Waals surface area contributed by atoms with Crippen molar-refractivity contribution in [2.45, 2.75) is 19.8 Å². The molecule has 0 unspecified atom stereocenters. The van der Waals surface area contributed by atoms with Crippen LogP contribution in [0.15, 0.2) is 42.5 Å². The van der Waals surface area contributed by atoms with Crippen LogP contribution in [-0.2, 0) is 6.54 Å². The minimum absolute atomic E-state index is 0.147. The van der Waals surface area contributed by atoms with E-state index in [2.05, 4.69) is 25.6 Å². The fraction of sp³-hybridized carbons (Fsp3) is 0.174. The van der Waals surface area contributed by atoms with E-state index in [0.29, 0.717) is 21.3 Å². The molecule has 0 aliphatic rings. The molecule has 12 heteroatoms. The second-order valence-corrected chi connectivity index (χ2v) is 8.57. The van der Waals surface area contributed by atoms with Gasteiger partial charge in [-0.2, -0.15) is 5.10 Å². The van der Waals surface area contributed by atoms with Crippen LogP contribution in [0.25, 0.3) is 21.3 Å². The summed E-state index contributed by atoms with van der Waals surface area (Å²) in [7, 11) is 1.51. The van der Waals surface area contributed by atoms with Gasteiger partial charge >= 0.3 is 6.36 Å². The lowest BCUT2D eigenvalue weighted by atomic mass is 10.1. The number of H-pyrrole nitrogens is 1. The number of aromatic nitrogens is 2. The second kappa shape index (κ2) is 9.37. The number of fused-ring (bicyclic) bond motifs is 1. The minimum atomic E-state index is -4.91. The Morgan fingerprint density at radius 1 is 1.11 bits per heavy atom. The van der Waals surface area contributed by atoms with Gasteiger partial charge in [-0.05, 0) is 54.4 Å². The average Bonchev–Trinajstić information content (AvgIpc) is 3.41. The van der Waals surface area contributed by atoms with Crippen molar-refractivity contribution in [3.05, 3.63) is 70.0 Å². The van der Waals surface area contributed by atoms with Gasteiger partial charge in [0.25, 0.3) is 11.8 Å². The summed E-state index contributed by atoms with van der Waals surface area (Å²) in [5.41, 5.74) is 2.24. The number of aryl methyl sites for hydroxylation is 1. The van der Waals surface area contributed by atoms with Crippen molar-refractivity contribution in [2.24, 2.45) is 0 Å². The summed E-state index contributed by atoms with van der Waals surface area (Å²) in [5.74, 6) is -2.16. The summed E-state index contributed by atoms with van der Waals surface area (Å²) < 4.78 is 55.1. The summed E-state index contributed by atoms with van der Waals surface area (Å²) in [6.07, 6.45) is -4.91. The van der Waals surface area contributed by atoms with E-state index in [1.54, 1.807) is 19.1 Å².